The molecule has 5 heterocycles. The number of nitrogens with one attached hydrogen (secondary N) is 2. The monoisotopic (exact) mass is 802 g/mol. The first kappa shape index (κ1) is 39.8. The van der Waals surface area contributed by atoms with Gasteiger partial charge < -0.3 is 20.1 Å². The number of phenols is 1. The third-order valence-electron chi connectivity index (χ3n) is 13.6. The lowest BCUT2D eigenvalue weighted by Crippen LogP contribution is -2.56. The van der Waals surface area contributed by atoms with Gasteiger partial charge in [0.1, 0.15) is 49.6 Å². The molecular formula is C44H54F4N6O2Si. The molecule has 4 aromatic rings. The number of aromatic nitrogens is 2. The molecule has 57 heavy (non-hydrogen) atoms. The van der Waals surface area contributed by atoms with E-state index >= 15 is 13.2 Å². The van der Waals surface area contributed by atoms with E-state index in [2.05, 4.69) is 73.5 Å². The number of anilines is 1. The Morgan fingerprint density at radius 2 is 1.74 bits per heavy atom. The van der Waals surface area contributed by atoms with E-state index in [-0.39, 0.29) is 67.9 Å². The van der Waals surface area contributed by atoms with Crippen molar-refractivity contribution in [2.24, 2.45) is 0 Å². The molecule has 0 radical (unpaired) electrons. The Labute approximate surface area is 333 Å². The lowest BCUT2D eigenvalue weighted by atomic mass is 9.89. The summed E-state index contributed by atoms with van der Waals surface area (Å²) in [5.41, 5.74) is 3.04. The first-order valence-electron chi connectivity index (χ1n) is 20.6. The van der Waals surface area contributed by atoms with Crippen molar-refractivity contribution in [2.75, 3.05) is 50.9 Å². The van der Waals surface area contributed by atoms with Gasteiger partial charge in [-0.3, -0.25) is 10.2 Å². The summed E-state index contributed by atoms with van der Waals surface area (Å²) in [5, 5.41) is 18.7. The highest BCUT2D eigenvalue weighted by atomic mass is 28.3. The zero-order valence-electron chi connectivity index (χ0n) is 33.8. The van der Waals surface area contributed by atoms with E-state index in [1.54, 1.807) is 0 Å². The standard InChI is InChI=1S/C44H54F4N6O2Si/c1-26(2)57(27(3)4,28(5)6)16-11-32-35(46)10-9-29-17-31(55)18-33(37(29)32)38-36(47)19-34-40(39(38)48)51-42(56-24-44-13-8-15-54(44)21-30(45)20-44)52-41(34)53-14-7-12-43(23-53)22-49-25-50-43/h9-10,17-19,26-28,30,49-50,55H,7-8,12-15,20-25H2,1-6H3/t30-,43?,44+/m1/s1. The van der Waals surface area contributed by atoms with E-state index < -0.39 is 42.8 Å². The number of nitrogens with zero attached hydrogens (tertiary/aromatic N) is 4. The van der Waals surface area contributed by atoms with Crippen molar-refractivity contribution in [1.82, 2.24) is 25.5 Å². The number of rotatable bonds is 8. The Hall–Kier alpha value is -3.96. The van der Waals surface area contributed by atoms with E-state index in [0.29, 0.717) is 43.9 Å². The van der Waals surface area contributed by atoms with E-state index in [0.717, 1.165) is 38.8 Å². The number of fused-ring (bicyclic) bond motifs is 3. The van der Waals surface area contributed by atoms with Crippen LogP contribution in [0.15, 0.2) is 30.3 Å². The second-order valence-electron chi connectivity index (χ2n) is 17.9. The topological polar surface area (TPSA) is 85.8 Å². The van der Waals surface area contributed by atoms with E-state index in [9.17, 15) is 9.50 Å². The summed E-state index contributed by atoms with van der Waals surface area (Å²) in [6, 6.07) is 6.67. The number of hydrogen-bond donors (Lipinski definition) is 3. The van der Waals surface area contributed by atoms with Crippen LogP contribution in [0, 0.1) is 28.9 Å². The molecule has 3 N–H and O–H groups in total. The third-order valence-corrected chi connectivity index (χ3v) is 19.9. The highest BCUT2D eigenvalue weighted by Gasteiger charge is 2.49. The Bertz CT molecular complexity index is 2250. The summed E-state index contributed by atoms with van der Waals surface area (Å²) >= 11 is 0. The summed E-state index contributed by atoms with van der Waals surface area (Å²) in [7, 11) is -2.35. The fraction of sp³-hybridized carbons (Fsp3) is 0.545. The number of hydrogen-bond acceptors (Lipinski definition) is 8. The lowest BCUT2D eigenvalue weighted by Gasteiger charge is -2.41. The van der Waals surface area contributed by atoms with Crippen LogP contribution >= 0.6 is 0 Å². The Kier molecular flexibility index (Phi) is 10.5. The van der Waals surface area contributed by atoms with Crippen molar-refractivity contribution in [3.05, 3.63) is 53.3 Å². The molecule has 8 nitrogen and oxygen atoms in total. The van der Waals surface area contributed by atoms with Crippen LogP contribution in [0.5, 0.6) is 11.8 Å². The van der Waals surface area contributed by atoms with Crippen LogP contribution in [0.2, 0.25) is 16.6 Å². The Balaban J connectivity index is 1.32. The van der Waals surface area contributed by atoms with E-state index in [4.69, 9.17) is 9.72 Å². The lowest BCUT2D eigenvalue weighted by molar-refractivity contribution is 0.107. The fourth-order valence-electron chi connectivity index (χ4n) is 10.9. The molecule has 304 valence electrons. The summed E-state index contributed by atoms with van der Waals surface area (Å²) < 4.78 is 71.6. The van der Waals surface area contributed by atoms with Gasteiger partial charge in [0.2, 0.25) is 0 Å². The van der Waals surface area contributed by atoms with Crippen molar-refractivity contribution in [1.29, 1.82) is 0 Å². The van der Waals surface area contributed by atoms with Crippen LogP contribution in [0.4, 0.5) is 23.4 Å². The molecule has 4 aliphatic rings. The van der Waals surface area contributed by atoms with Crippen LogP contribution in [-0.2, 0) is 0 Å². The molecule has 3 atom stereocenters. The molecule has 4 aliphatic heterocycles. The molecule has 0 saturated carbocycles. The van der Waals surface area contributed by atoms with Crippen molar-refractivity contribution >= 4 is 35.6 Å². The molecule has 0 amide bonds. The summed E-state index contributed by atoms with van der Waals surface area (Å²) in [4.78, 5) is 13.6. The molecular weight excluding hydrogens is 749 g/mol. The molecule has 1 unspecified atom stereocenters. The maximum Gasteiger partial charge on any atom is 0.319 e. The number of phenolic OH excluding ortho intramolecular Hbond substituents is 1. The van der Waals surface area contributed by atoms with E-state index in [1.807, 2.05) is 4.90 Å². The van der Waals surface area contributed by atoms with Gasteiger partial charge in [0.05, 0.1) is 16.7 Å². The second kappa shape index (κ2) is 15.0. The SMILES string of the molecule is CC(C)[Si](C#Cc1c(F)ccc2cc(O)cc(-c3c(F)cc4c(N5CCCC6(CNCN6)C5)nc(OC[C@@]56CCCN5C[C@H](F)C6)nc4c3F)c12)(C(C)C)C(C)C. The number of aromatic hydroxyl groups is 1. The van der Waals surface area contributed by atoms with Gasteiger partial charge in [-0.1, -0.05) is 53.5 Å². The van der Waals surface area contributed by atoms with Crippen molar-refractivity contribution < 1.29 is 27.4 Å². The average molecular weight is 803 g/mol. The summed E-state index contributed by atoms with van der Waals surface area (Å²) in [5.74, 6) is 0.824. The minimum atomic E-state index is -2.35. The summed E-state index contributed by atoms with van der Waals surface area (Å²) in [6.07, 6.45) is 2.83. The van der Waals surface area contributed by atoms with Crippen LogP contribution in [0.3, 0.4) is 0 Å². The zero-order valence-corrected chi connectivity index (χ0v) is 34.8. The van der Waals surface area contributed by atoms with Gasteiger partial charge in [0, 0.05) is 61.1 Å². The number of ether oxygens (including phenoxy) is 1. The molecule has 0 bridgehead atoms. The van der Waals surface area contributed by atoms with Crippen LogP contribution in [0.1, 0.15) is 79.2 Å². The molecule has 0 aliphatic carbocycles. The minimum absolute atomic E-state index is 0.0298. The second-order valence-corrected chi connectivity index (χ2v) is 23.5. The van der Waals surface area contributed by atoms with Crippen molar-refractivity contribution in [2.45, 2.75) is 108 Å². The normalized spacial score (nSPS) is 24.1. The molecule has 1 spiro atoms. The predicted molar refractivity (Wildman–Crippen MR) is 221 cm³/mol. The van der Waals surface area contributed by atoms with Crippen LogP contribution < -0.4 is 20.3 Å². The maximum absolute atomic E-state index is 17.5. The van der Waals surface area contributed by atoms with Crippen LogP contribution in [0.25, 0.3) is 32.8 Å². The molecule has 13 heteroatoms. The van der Waals surface area contributed by atoms with Gasteiger partial charge in [0.15, 0.2) is 5.82 Å². The Morgan fingerprint density at radius 1 is 0.982 bits per heavy atom. The van der Waals surface area contributed by atoms with Gasteiger partial charge >= 0.3 is 6.01 Å². The predicted octanol–water partition coefficient (Wildman–Crippen LogP) is 8.59. The fourth-order valence-corrected chi connectivity index (χ4v) is 16.1. The van der Waals surface area contributed by atoms with Gasteiger partial charge in [-0.15, -0.1) is 5.54 Å². The first-order valence-corrected chi connectivity index (χ1v) is 22.8. The molecule has 4 fully saturated rings. The summed E-state index contributed by atoms with van der Waals surface area (Å²) in [6.45, 7) is 16.8. The first-order chi connectivity index (χ1) is 27.2. The molecule has 4 saturated heterocycles. The van der Waals surface area contributed by atoms with Crippen molar-refractivity contribution in [3.8, 4) is 34.4 Å². The Morgan fingerprint density at radius 3 is 2.46 bits per heavy atom. The van der Waals surface area contributed by atoms with Gasteiger partial charge in [0.25, 0.3) is 0 Å². The van der Waals surface area contributed by atoms with E-state index in [1.165, 1.54) is 30.3 Å². The van der Waals surface area contributed by atoms with Crippen LogP contribution in [-0.4, -0.2) is 91.3 Å². The minimum Gasteiger partial charge on any atom is -0.508 e. The average Bonchev–Trinajstić information content (AvgIpc) is 3.85. The molecule has 1 aromatic heterocycles. The highest BCUT2D eigenvalue weighted by molar-refractivity contribution is 6.90. The third kappa shape index (κ3) is 6.84. The van der Waals surface area contributed by atoms with Crippen molar-refractivity contribution in [3.63, 3.8) is 0 Å². The smallest absolute Gasteiger partial charge is 0.319 e. The number of alkyl halides is 1. The van der Waals surface area contributed by atoms with Gasteiger partial charge in [-0.05, 0) is 78.5 Å². The highest BCUT2D eigenvalue weighted by Crippen LogP contribution is 2.45. The van der Waals surface area contributed by atoms with Gasteiger partial charge in [-0.25, -0.2) is 17.6 Å². The number of benzene rings is 3. The molecule has 3 aromatic carbocycles. The number of piperidine rings is 1. The van der Waals surface area contributed by atoms with Gasteiger partial charge in [-0.2, -0.15) is 9.97 Å². The number of halogens is 4. The molecule has 8 rings (SSSR count). The zero-order chi connectivity index (χ0) is 40.4. The quantitative estimate of drug-likeness (QED) is 0.0929. The maximum atomic E-state index is 17.5. The largest absolute Gasteiger partial charge is 0.508 e.